The molecule has 1 aliphatic carbocycles. The van der Waals surface area contributed by atoms with E-state index in [2.05, 4.69) is 170 Å². The third-order valence-electron chi connectivity index (χ3n) is 10.9. The van der Waals surface area contributed by atoms with Crippen molar-refractivity contribution in [3.8, 4) is 44.8 Å². The Balaban J connectivity index is 1.04. The smallest absolute Gasteiger partial charge is 0.227 e. The maximum atomic E-state index is 6.38. The zero-order chi connectivity index (χ0) is 35.5. The van der Waals surface area contributed by atoms with Crippen molar-refractivity contribution in [1.29, 1.82) is 0 Å². The van der Waals surface area contributed by atoms with Crippen molar-refractivity contribution in [2.45, 2.75) is 19.3 Å². The van der Waals surface area contributed by atoms with Crippen LogP contribution in [0.3, 0.4) is 0 Å². The summed E-state index contributed by atoms with van der Waals surface area (Å²) in [6.45, 7) is 4.68. The van der Waals surface area contributed by atoms with Crippen LogP contribution in [0.4, 0.5) is 17.1 Å². The van der Waals surface area contributed by atoms with E-state index in [1.807, 2.05) is 30.3 Å². The number of aromatic nitrogens is 1. The molecule has 8 aromatic carbocycles. The van der Waals surface area contributed by atoms with Crippen LogP contribution in [0.5, 0.6) is 0 Å². The quantitative estimate of drug-likeness (QED) is 0.175. The molecular formula is C50H36N2O. The van der Waals surface area contributed by atoms with Crippen LogP contribution in [0, 0.1) is 0 Å². The van der Waals surface area contributed by atoms with Crippen molar-refractivity contribution >= 4 is 38.9 Å². The Hall–Kier alpha value is -6.71. The summed E-state index contributed by atoms with van der Waals surface area (Å²) in [5, 5.41) is 2.23. The maximum absolute atomic E-state index is 6.38. The molecular weight excluding hydrogens is 645 g/mol. The summed E-state index contributed by atoms with van der Waals surface area (Å²) in [7, 11) is 0. The van der Waals surface area contributed by atoms with Gasteiger partial charge in [-0.05, 0) is 104 Å². The topological polar surface area (TPSA) is 29.3 Å². The van der Waals surface area contributed by atoms with E-state index >= 15 is 0 Å². The molecule has 0 fully saturated rings. The summed E-state index contributed by atoms with van der Waals surface area (Å²) in [4.78, 5) is 7.26. The Bertz CT molecular complexity index is 2780. The van der Waals surface area contributed by atoms with E-state index in [0.717, 1.165) is 55.6 Å². The molecule has 3 nitrogen and oxygen atoms in total. The summed E-state index contributed by atoms with van der Waals surface area (Å²) in [6, 6.07) is 64.8. The second-order valence-electron chi connectivity index (χ2n) is 14.4. The van der Waals surface area contributed by atoms with Gasteiger partial charge < -0.3 is 9.32 Å². The van der Waals surface area contributed by atoms with Crippen LogP contribution in [-0.4, -0.2) is 4.98 Å². The second-order valence-corrected chi connectivity index (χ2v) is 14.4. The molecule has 0 spiro atoms. The summed E-state index contributed by atoms with van der Waals surface area (Å²) >= 11 is 0. The minimum Gasteiger partial charge on any atom is -0.436 e. The third-order valence-corrected chi connectivity index (χ3v) is 10.9. The molecule has 0 N–H and O–H groups in total. The minimum absolute atomic E-state index is 0.0316. The first kappa shape index (κ1) is 31.1. The van der Waals surface area contributed by atoms with Gasteiger partial charge in [0, 0.05) is 33.4 Å². The van der Waals surface area contributed by atoms with Gasteiger partial charge in [-0.25, -0.2) is 4.98 Å². The number of para-hydroxylation sites is 1. The lowest BCUT2D eigenvalue weighted by molar-refractivity contribution is 0.620. The van der Waals surface area contributed by atoms with Crippen LogP contribution >= 0.6 is 0 Å². The van der Waals surface area contributed by atoms with Gasteiger partial charge in [0.2, 0.25) is 5.89 Å². The lowest BCUT2D eigenvalue weighted by Gasteiger charge is -2.26. The highest BCUT2D eigenvalue weighted by Crippen LogP contribution is 2.52. The normalized spacial score (nSPS) is 12.9. The first-order chi connectivity index (χ1) is 26.0. The minimum atomic E-state index is -0.0316. The summed E-state index contributed by atoms with van der Waals surface area (Å²) in [6.07, 6.45) is 0. The van der Waals surface area contributed by atoms with Gasteiger partial charge in [0.15, 0.2) is 5.58 Å². The first-order valence-electron chi connectivity index (χ1n) is 18.2. The van der Waals surface area contributed by atoms with Crippen LogP contribution in [0.1, 0.15) is 25.0 Å². The molecule has 0 amide bonds. The zero-order valence-electron chi connectivity index (χ0n) is 29.6. The van der Waals surface area contributed by atoms with Gasteiger partial charge >= 0.3 is 0 Å². The van der Waals surface area contributed by atoms with Gasteiger partial charge in [0.1, 0.15) is 5.52 Å². The third kappa shape index (κ3) is 5.08. The fourth-order valence-electron chi connectivity index (χ4n) is 8.30. The molecule has 1 aliphatic rings. The molecule has 53 heavy (non-hydrogen) atoms. The molecule has 3 heteroatoms. The lowest BCUT2D eigenvalue weighted by Crippen LogP contribution is -2.14. The number of hydrogen-bond acceptors (Lipinski definition) is 3. The molecule has 0 unspecified atom stereocenters. The number of hydrogen-bond donors (Lipinski definition) is 0. The van der Waals surface area contributed by atoms with Gasteiger partial charge in [-0.3, -0.25) is 0 Å². The average molecular weight is 681 g/mol. The van der Waals surface area contributed by atoms with Crippen molar-refractivity contribution in [1.82, 2.24) is 4.98 Å². The monoisotopic (exact) mass is 680 g/mol. The van der Waals surface area contributed by atoms with Crippen molar-refractivity contribution in [3.63, 3.8) is 0 Å². The zero-order valence-corrected chi connectivity index (χ0v) is 29.6. The Kier molecular flexibility index (Phi) is 7.16. The van der Waals surface area contributed by atoms with Gasteiger partial charge in [-0.2, -0.15) is 0 Å². The highest BCUT2D eigenvalue weighted by atomic mass is 16.3. The Labute approximate surface area is 309 Å². The molecule has 10 rings (SSSR count). The van der Waals surface area contributed by atoms with Crippen LogP contribution in [0.25, 0.3) is 66.7 Å². The van der Waals surface area contributed by atoms with Gasteiger partial charge in [-0.15, -0.1) is 0 Å². The number of fused-ring (bicyclic) bond motifs is 6. The molecule has 9 aromatic rings. The molecule has 1 heterocycles. The standard InChI is InChI=1S/C50H36N2O/c1-50(2)44-22-12-11-20-42(44)47-39(21-13-23-45(47)50)33-24-28-37(29-25-33)52(36-16-7-4-8-17-36)38-30-26-34(27-31-38)43-32-46-48(41-19-10-9-18-40(41)43)51-49(53-46)35-14-5-3-6-15-35/h3-32H,1-2H3. The van der Waals surface area contributed by atoms with E-state index < -0.39 is 0 Å². The fourth-order valence-corrected chi connectivity index (χ4v) is 8.30. The SMILES string of the molecule is CC1(C)c2ccccc2-c2c(-c3ccc(N(c4ccccc4)c4ccc(-c5cc6oc(-c7ccccc7)nc6c6ccccc56)cc4)cc3)cccc21. The molecule has 0 saturated heterocycles. The van der Waals surface area contributed by atoms with E-state index in [4.69, 9.17) is 9.40 Å². The van der Waals surface area contributed by atoms with Crippen molar-refractivity contribution in [2.24, 2.45) is 0 Å². The van der Waals surface area contributed by atoms with Crippen LogP contribution in [0.15, 0.2) is 186 Å². The first-order valence-corrected chi connectivity index (χ1v) is 18.2. The van der Waals surface area contributed by atoms with Crippen molar-refractivity contribution in [3.05, 3.63) is 193 Å². The van der Waals surface area contributed by atoms with Gasteiger partial charge in [-0.1, -0.05) is 141 Å². The average Bonchev–Trinajstić information content (AvgIpc) is 3.76. The Morgan fingerprint density at radius 1 is 0.453 bits per heavy atom. The van der Waals surface area contributed by atoms with E-state index in [0.29, 0.717) is 5.89 Å². The Morgan fingerprint density at radius 3 is 1.72 bits per heavy atom. The van der Waals surface area contributed by atoms with E-state index in [-0.39, 0.29) is 5.41 Å². The summed E-state index contributed by atoms with van der Waals surface area (Å²) in [5.74, 6) is 0.632. The Morgan fingerprint density at radius 2 is 1.00 bits per heavy atom. The van der Waals surface area contributed by atoms with E-state index in [1.165, 1.54) is 33.4 Å². The van der Waals surface area contributed by atoms with Crippen LogP contribution in [-0.2, 0) is 5.41 Å². The number of rotatable bonds is 6. The summed E-state index contributed by atoms with van der Waals surface area (Å²) < 4.78 is 6.38. The van der Waals surface area contributed by atoms with E-state index in [1.54, 1.807) is 0 Å². The number of nitrogens with zero attached hydrogens (tertiary/aromatic N) is 2. The lowest BCUT2D eigenvalue weighted by atomic mass is 9.82. The van der Waals surface area contributed by atoms with Crippen molar-refractivity contribution < 1.29 is 4.42 Å². The molecule has 0 bridgehead atoms. The molecule has 0 aliphatic heterocycles. The maximum Gasteiger partial charge on any atom is 0.227 e. The van der Waals surface area contributed by atoms with Gasteiger partial charge in [0.25, 0.3) is 0 Å². The predicted octanol–water partition coefficient (Wildman–Crippen LogP) is 13.8. The fraction of sp³-hybridized carbons (Fsp3) is 0.0600. The largest absolute Gasteiger partial charge is 0.436 e. The van der Waals surface area contributed by atoms with Crippen molar-refractivity contribution in [2.75, 3.05) is 4.90 Å². The van der Waals surface area contributed by atoms with Gasteiger partial charge in [0.05, 0.1) is 0 Å². The highest BCUT2D eigenvalue weighted by Gasteiger charge is 2.36. The second kappa shape index (κ2) is 12.2. The molecule has 0 saturated carbocycles. The molecule has 252 valence electrons. The molecule has 1 aromatic heterocycles. The highest BCUT2D eigenvalue weighted by molar-refractivity contribution is 6.11. The van der Waals surface area contributed by atoms with Crippen LogP contribution in [0.2, 0.25) is 0 Å². The molecule has 0 atom stereocenters. The van der Waals surface area contributed by atoms with Crippen LogP contribution < -0.4 is 4.90 Å². The number of benzene rings is 8. The van der Waals surface area contributed by atoms with E-state index in [9.17, 15) is 0 Å². The number of anilines is 3. The predicted molar refractivity (Wildman–Crippen MR) is 220 cm³/mol. The number of oxazole rings is 1. The summed E-state index contributed by atoms with van der Waals surface area (Å²) in [5.41, 5.74) is 16.1. The molecule has 0 radical (unpaired) electrons.